The van der Waals surface area contributed by atoms with Crippen molar-refractivity contribution in [3.63, 3.8) is 0 Å². The zero-order valence-electron chi connectivity index (χ0n) is 14.3. The van der Waals surface area contributed by atoms with Crippen molar-refractivity contribution in [3.05, 3.63) is 82.6 Å². The highest BCUT2D eigenvalue weighted by Crippen LogP contribution is 2.33. The highest BCUT2D eigenvalue weighted by Gasteiger charge is 2.22. The molecular weight excluding hydrogens is 385 g/mol. The first-order valence-corrected chi connectivity index (χ1v) is 8.80. The Hall–Kier alpha value is -2.89. The van der Waals surface area contributed by atoms with Crippen LogP contribution in [0.2, 0.25) is 10.0 Å². The summed E-state index contributed by atoms with van der Waals surface area (Å²) in [5.41, 5.74) is 2.44. The first kappa shape index (κ1) is 18.9. The first-order chi connectivity index (χ1) is 13.1. The maximum Gasteiger partial charge on any atom is 0.321 e. The average Bonchev–Trinajstić information content (AvgIpc) is 2.99. The molecule has 27 heavy (non-hydrogen) atoms. The van der Waals surface area contributed by atoms with E-state index in [1.807, 2.05) is 13.0 Å². The molecule has 0 atom stereocenters. The number of amides is 1. The van der Waals surface area contributed by atoms with Crippen LogP contribution in [0.1, 0.15) is 12.5 Å². The van der Waals surface area contributed by atoms with Crippen LogP contribution in [0, 0.1) is 0 Å². The Morgan fingerprint density at radius 1 is 1.00 bits per heavy atom. The molecule has 2 aromatic carbocycles. The molecule has 0 saturated carbocycles. The van der Waals surface area contributed by atoms with Gasteiger partial charge >= 0.3 is 6.01 Å². The van der Waals surface area contributed by atoms with Crippen LogP contribution in [0.4, 0.5) is 5.69 Å². The van der Waals surface area contributed by atoms with E-state index in [1.165, 1.54) is 0 Å². The van der Waals surface area contributed by atoms with Gasteiger partial charge in [-0.2, -0.15) is 0 Å². The van der Waals surface area contributed by atoms with Gasteiger partial charge in [0.25, 0.3) is 5.91 Å². The standard InChI is InChI=1S/C10H7ClN2O.C10H8ClNO/c11-8-2-4-9(5-3-8)14-10-12-6-1-7-13-10;1-2-7-8-4-3-6(11)5-9(8)12-10(7)13/h1-7H;2-5H,1H3,(H,12,13)/b;7-2+. The van der Waals surface area contributed by atoms with Crippen molar-refractivity contribution in [2.45, 2.75) is 6.92 Å². The molecule has 1 aromatic heterocycles. The van der Waals surface area contributed by atoms with Crippen molar-refractivity contribution in [2.75, 3.05) is 5.32 Å². The maximum atomic E-state index is 11.4. The fourth-order valence-electron chi connectivity index (χ4n) is 2.40. The van der Waals surface area contributed by atoms with Crippen molar-refractivity contribution in [2.24, 2.45) is 0 Å². The van der Waals surface area contributed by atoms with Gasteiger partial charge in [0.1, 0.15) is 5.75 Å². The largest absolute Gasteiger partial charge is 0.424 e. The van der Waals surface area contributed by atoms with Crippen LogP contribution in [-0.2, 0) is 4.79 Å². The number of nitrogens with zero attached hydrogens (tertiary/aromatic N) is 2. The Bertz CT molecular complexity index is 974. The fourth-order valence-corrected chi connectivity index (χ4v) is 2.70. The third-order valence-electron chi connectivity index (χ3n) is 3.62. The van der Waals surface area contributed by atoms with Crippen LogP contribution in [0.25, 0.3) is 5.57 Å². The van der Waals surface area contributed by atoms with Crippen molar-refractivity contribution in [3.8, 4) is 11.8 Å². The molecule has 0 fully saturated rings. The van der Waals surface area contributed by atoms with E-state index in [9.17, 15) is 4.79 Å². The van der Waals surface area contributed by atoms with E-state index in [4.69, 9.17) is 27.9 Å². The molecule has 0 unspecified atom stereocenters. The third kappa shape index (κ3) is 4.84. The molecule has 2 heterocycles. The minimum atomic E-state index is -0.0558. The second-order valence-corrected chi connectivity index (χ2v) is 6.31. The monoisotopic (exact) mass is 399 g/mol. The summed E-state index contributed by atoms with van der Waals surface area (Å²) in [7, 11) is 0. The normalized spacial score (nSPS) is 13.4. The van der Waals surface area contributed by atoms with E-state index >= 15 is 0 Å². The van der Waals surface area contributed by atoms with Crippen molar-refractivity contribution in [1.29, 1.82) is 0 Å². The number of carbonyl (C=O) groups excluding carboxylic acids is 1. The van der Waals surface area contributed by atoms with Crippen LogP contribution >= 0.6 is 23.2 Å². The van der Waals surface area contributed by atoms with Gasteiger partial charge in [0.05, 0.1) is 5.69 Å². The number of nitrogens with one attached hydrogen (secondary N) is 1. The number of hydrogen-bond donors (Lipinski definition) is 1. The van der Waals surface area contributed by atoms with E-state index < -0.39 is 0 Å². The summed E-state index contributed by atoms with van der Waals surface area (Å²) in [6.45, 7) is 1.85. The average molecular weight is 400 g/mol. The van der Waals surface area contributed by atoms with Gasteiger partial charge in [0.2, 0.25) is 0 Å². The molecule has 136 valence electrons. The van der Waals surface area contributed by atoms with E-state index in [-0.39, 0.29) is 5.91 Å². The minimum absolute atomic E-state index is 0.0558. The number of ether oxygens (including phenoxy) is 1. The molecule has 1 N–H and O–H groups in total. The molecular formula is C20H15Cl2N3O2. The predicted molar refractivity (Wildman–Crippen MR) is 107 cm³/mol. The van der Waals surface area contributed by atoms with E-state index in [1.54, 1.807) is 60.9 Å². The zero-order valence-corrected chi connectivity index (χ0v) is 15.8. The number of benzene rings is 2. The van der Waals surface area contributed by atoms with Gasteiger partial charge in [0.15, 0.2) is 0 Å². The Kier molecular flexibility index (Phi) is 6.06. The SMILES string of the molecule is C/C=C1/C(=O)Nc2cc(Cl)ccc21.Clc1ccc(Oc2ncccn2)cc1. The summed E-state index contributed by atoms with van der Waals surface area (Å²) in [6, 6.07) is 14.5. The number of aromatic nitrogens is 2. The van der Waals surface area contributed by atoms with Gasteiger partial charge in [-0.3, -0.25) is 4.79 Å². The third-order valence-corrected chi connectivity index (χ3v) is 4.11. The van der Waals surface area contributed by atoms with Crippen LogP contribution in [0.5, 0.6) is 11.8 Å². The molecule has 1 aliphatic rings. The number of hydrogen-bond acceptors (Lipinski definition) is 4. The number of fused-ring (bicyclic) bond motifs is 1. The second-order valence-electron chi connectivity index (χ2n) is 5.43. The lowest BCUT2D eigenvalue weighted by atomic mass is 10.1. The van der Waals surface area contributed by atoms with Crippen LogP contribution in [0.3, 0.4) is 0 Å². The molecule has 3 aromatic rings. The molecule has 4 rings (SSSR count). The highest BCUT2D eigenvalue weighted by atomic mass is 35.5. The number of anilines is 1. The van der Waals surface area contributed by atoms with Gasteiger partial charge in [0, 0.05) is 33.6 Å². The van der Waals surface area contributed by atoms with Crippen molar-refractivity contribution in [1.82, 2.24) is 9.97 Å². The first-order valence-electron chi connectivity index (χ1n) is 8.05. The Labute approximate surface area is 166 Å². The zero-order chi connectivity index (χ0) is 19.2. The molecule has 0 spiro atoms. The van der Waals surface area contributed by atoms with Crippen LogP contribution in [0.15, 0.2) is 67.0 Å². The summed E-state index contributed by atoms with van der Waals surface area (Å²) < 4.78 is 5.35. The van der Waals surface area contributed by atoms with Gasteiger partial charge in [-0.05, 0) is 49.4 Å². The summed E-state index contributed by atoms with van der Waals surface area (Å²) in [4.78, 5) is 19.2. The quantitative estimate of drug-likeness (QED) is 0.568. The Balaban J connectivity index is 0.000000156. The number of allylic oxidation sites excluding steroid dienone is 1. The summed E-state index contributed by atoms with van der Waals surface area (Å²) in [5.74, 6) is 0.611. The number of halogens is 2. The fraction of sp³-hybridized carbons (Fsp3) is 0.0500. The lowest BCUT2D eigenvalue weighted by Crippen LogP contribution is -2.03. The van der Waals surface area contributed by atoms with E-state index in [2.05, 4.69) is 15.3 Å². The number of carbonyl (C=O) groups is 1. The predicted octanol–water partition coefficient (Wildman–Crippen LogP) is 5.62. The lowest BCUT2D eigenvalue weighted by molar-refractivity contribution is -0.110. The molecule has 7 heteroatoms. The van der Waals surface area contributed by atoms with Crippen molar-refractivity contribution >= 4 is 40.4 Å². The van der Waals surface area contributed by atoms with Gasteiger partial charge < -0.3 is 10.1 Å². The lowest BCUT2D eigenvalue weighted by Gasteiger charge is -2.01. The molecule has 0 radical (unpaired) electrons. The van der Waals surface area contributed by atoms with Crippen LogP contribution in [-0.4, -0.2) is 15.9 Å². The molecule has 0 bridgehead atoms. The summed E-state index contributed by atoms with van der Waals surface area (Å²) in [6.07, 6.45) is 5.05. The molecule has 0 saturated heterocycles. The van der Waals surface area contributed by atoms with E-state index in [0.29, 0.717) is 27.4 Å². The van der Waals surface area contributed by atoms with Gasteiger partial charge in [-0.25, -0.2) is 9.97 Å². The van der Waals surface area contributed by atoms with Crippen LogP contribution < -0.4 is 10.1 Å². The summed E-state index contributed by atoms with van der Waals surface area (Å²) >= 11 is 11.5. The Morgan fingerprint density at radius 3 is 2.33 bits per heavy atom. The second kappa shape index (κ2) is 8.66. The molecule has 0 aliphatic carbocycles. The number of rotatable bonds is 2. The Morgan fingerprint density at radius 2 is 1.67 bits per heavy atom. The van der Waals surface area contributed by atoms with Crippen molar-refractivity contribution < 1.29 is 9.53 Å². The van der Waals surface area contributed by atoms with Gasteiger partial charge in [-0.1, -0.05) is 35.3 Å². The molecule has 1 amide bonds. The minimum Gasteiger partial charge on any atom is -0.424 e. The smallest absolute Gasteiger partial charge is 0.321 e. The highest BCUT2D eigenvalue weighted by molar-refractivity contribution is 6.34. The van der Waals surface area contributed by atoms with Gasteiger partial charge in [-0.15, -0.1) is 0 Å². The topological polar surface area (TPSA) is 64.1 Å². The molecule has 1 aliphatic heterocycles. The molecule has 5 nitrogen and oxygen atoms in total. The summed E-state index contributed by atoms with van der Waals surface area (Å²) in [5, 5.41) is 4.06. The maximum absolute atomic E-state index is 11.4. The van der Waals surface area contributed by atoms with E-state index in [0.717, 1.165) is 11.3 Å².